The van der Waals surface area contributed by atoms with Gasteiger partial charge in [0, 0.05) is 32.7 Å². The van der Waals surface area contributed by atoms with E-state index in [9.17, 15) is 23.1 Å². The van der Waals surface area contributed by atoms with Crippen LogP contribution < -0.4 is 0 Å². The number of amides is 1. The monoisotopic (exact) mass is 342 g/mol. The molecule has 0 aliphatic heterocycles. The average Bonchev–Trinajstić information content (AvgIpc) is 2.93. The lowest BCUT2D eigenvalue weighted by Crippen LogP contribution is -2.48. The molecular weight excluding hydrogens is 325 g/mol. The number of halogens is 3. The largest absolute Gasteiger partial charge is 0.425 e. The van der Waals surface area contributed by atoms with E-state index in [2.05, 4.69) is 9.97 Å². The van der Waals surface area contributed by atoms with Crippen LogP contribution in [0.1, 0.15) is 17.9 Å². The lowest BCUT2D eigenvalue weighted by molar-refractivity contribution is -0.271. The second kappa shape index (κ2) is 6.60. The van der Waals surface area contributed by atoms with Crippen molar-refractivity contribution in [3.8, 4) is 0 Å². The van der Waals surface area contributed by atoms with E-state index in [4.69, 9.17) is 0 Å². The van der Waals surface area contributed by atoms with Gasteiger partial charge < -0.3 is 14.6 Å². The second-order valence-corrected chi connectivity index (χ2v) is 5.47. The summed E-state index contributed by atoms with van der Waals surface area (Å²) in [7, 11) is 2.67. The summed E-state index contributed by atoms with van der Waals surface area (Å²) in [6.45, 7) is 0.0359. The van der Waals surface area contributed by atoms with Gasteiger partial charge in [-0.2, -0.15) is 13.2 Å². The van der Waals surface area contributed by atoms with Crippen LogP contribution in [0.5, 0.6) is 0 Å². The molecule has 1 atom stereocenters. The normalized spacial score (nSPS) is 14.2. The maximum atomic E-state index is 13.4. The van der Waals surface area contributed by atoms with Gasteiger partial charge in [0.1, 0.15) is 0 Å². The summed E-state index contributed by atoms with van der Waals surface area (Å²) < 4.78 is 41.3. The number of carbonyl (C=O) groups excluding carboxylic acids is 1. The molecule has 24 heavy (non-hydrogen) atoms. The van der Waals surface area contributed by atoms with Crippen molar-refractivity contribution in [3.63, 3.8) is 0 Å². The van der Waals surface area contributed by atoms with Crippen LogP contribution in [0.15, 0.2) is 36.8 Å². The van der Waals surface area contributed by atoms with E-state index >= 15 is 0 Å². The number of imidazole rings is 1. The Morgan fingerprint density at radius 1 is 1.29 bits per heavy atom. The Kier molecular flexibility index (Phi) is 4.93. The van der Waals surface area contributed by atoms with Crippen molar-refractivity contribution in [2.24, 2.45) is 7.05 Å². The van der Waals surface area contributed by atoms with Crippen LogP contribution in [-0.4, -0.2) is 43.7 Å². The highest BCUT2D eigenvalue weighted by Crippen LogP contribution is 2.41. The zero-order chi connectivity index (χ0) is 18.0. The second-order valence-electron chi connectivity index (χ2n) is 5.47. The van der Waals surface area contributed by atoms with Gasteiger partial charge in [-0.1, -0.05) is 6.07 Å². The van der Waals surface area contributed by atoms with E-state index in [-0.39, 0.29) is 6.54 Å². The van der Waals surface area contributed by atoms with Gasteiger partial charge in [-0.25, -0.2) is 4.98 Å². The summed E-state index contributed by atoms with van der Waals surface area (Å²) >= 11 is 0. The zero-order valence-corrected chi connectivity index (χ0v) is 13.2. The molecule has 0 radical (unpaired) electrons. The van der Waals surface area contributed by atoms with Gasteiger partial charge in [0.25, 0.3) is 0 Å². The topological polar surface area (TPSA) is 71.2 Å². The minimum absolute atomic E-state index is 0.0359. The summed E-state index contributed by atoms with van der Waals surface area (Å²) in [4.78, 5) is 20.9. The molecule has 1 N–H and O–H groups in total. The van der Waals surface area contributed by atoms with Crippen LogP contribution in [0.4, 0.5) is 13.2 Å². The van der Waals surface area contributed by atoms with Crippen molar-refractivity contribution in [1.82, 2.24) is 19.4 Å². The van der Waals surface area contributed by atoms with Crippen LogP contribution in [0.25, 0.3) is 0 Å². The Hall–Kier alpha value is -2.42. The average molecular weight is 342 g/mol. The van der Waals surface area contributed by atoms with Crippen molar-refractivity contribution in [2.75, 3.05) is 7.05 Å². The molecule has 0 aliphatic rings. The third kappa shape index (κ3) is 3.56. The molecule has 6 nitrogen and oxygen atoms in total. The fourth-order valence-electron chi connectivity index (χ4n) is 2.25. The summed E-state index contributed by atoms with van der Waals surface area (Å²) in [5.41, 5.74) is -2.83. The Labute approximate surface area is 136 Å². The minimum Gasteiger partial charge on any atom is -0.374 e. The predicted octanol–water partition coefficient (Wildman–Crippen LogP) is 1.61. The van der Waals surface area contributed by atoms with E-state index in [0.29, 0.717) is 5.69 Å². The number of aromatic nitrogens is 3. The Bertz CT molecular complexity index is 702. The highest BCUT2D eigenvalue weighted by atomic mass is 19.4. The standard InChI is InChI=1S/C15H17F3N4O2/c1-21-8-7-20-13(21)14(24,15(16,17)18)9-12(23)22(2)10-11-5-3-4-6-19-11/h3-8,24H,9-10H2,1-2H3. The molecule has 0 spiro atoms. The number of pyridine rings is 1. The molecule has 2 aromatic heterocycles. The first kappa shape index (κ1) is 17.9. The van der Waals surface area contributed by atoms with Crippen molar-refractivity contribution in [2.45, 2.75) is 24.7 Å². The molecule has 0 bridgehead atoms. The Morgan fingerprint density at radius 2 is 2.00 bits per heavy atom. The van der Waals surface area contributed by atoms with Crippen LogP contribution in [0.2, 0.25) is 0 Å². The minimum atomic E-state index is -5.05. The molecule has 0 saturated heterocycles. The molecule has 0 aliphatic carbocycles. The first-order valence-electron chi connectivity index (χ1n) is 7.06. The highest BCUT2D eigenvalue weighted by Gasteiger charge is 2.58. The SMILES string of the molecule is CN(Cc1ccccn1)C(=O)CC(O)(c1nccn1C)C(F)(F)F. The van der Waals surface area contributed by atoms with Crippen LogP contribution in [0, 0.1) is 0 Å². The molecule has 0 saturated carbocycles. The fourth-order valence-corrected chi connectivity index (χ4v) is 2.25. The van der Waals surface area contributed by atoms with Gasteiger partial charge in [0.2, 0.25) is 11.5 Å². The summed E-state index contributed by atoms with van der Waals surface area (Å²) in [5.74, 6) is -1.50. The van der Waals surface area contributed by atoms with E-state index in [0.717, 1.165) is 15.7 Å². The van der Waals surface area contributed by atoms with Gasteiger partial charge in [0.05, 0.1) is 18.7 Å². The molecule has 130 valence electrons. The molecule has 0 fully saturated rings. The van der Waals surface area contributed by atoms with E-state index in [1.54, 1.807) is 18.2 Å². The molecule has 2 heterocycles. The summed E-state index contributed by atoms with van der Waals surface area (Å²) in [6, 6.07) is 5.05. The lowest BCUT2D eigenvalue weighted by atomic mass is 9.96. The van der Waals surface area contributed by atoms with Gasteiger partial charge in [-0.05, 0) is 12.1 Å². The number of rotatable bonds is 5. The molecule has 1 unspecified atom stereocenters. The van der Waals surface area contributed by atoms with Gasteiger partial charge in [0.15, 0.2) is 5.82 Å². The maximum Gasteiger partial charge on any atom is 0.425 e. The summed E-state index contributed by atoms with van der Waals surface area (Å²) in [6.07, 6.45) is -2.28. The third-order valence-corrected chi connectivity index (χ3v) is 3.62. The third-order valence-electron chi connectivity index (χ3n) is 3.62. The number of alkyl halides is 3. The molecule has 9 heteroatoms. The Balaban J connectivity index is 2.21. The van der Waals surface area contributed by atoms with Crippen molar-refractivity contribution < 1.29 is 23.1 Å². The smallest absolute Gasteiger partial charge is 0.374 e. The van der Waals surface area contributed by atoms with E-state index in [1.807, 2.05) is 0 Å². The quantitative estimate of drug-likeness (QED) is 0.896. The fraction of sp³-hybridized carbons (Fsp3) is 0.400. The molecule has 0 aromatic carbocycles. The van der Waals surface area contributed by atoms with Crippen LogP contribution >= 0.6 is 0 Å². The van der Waals surface area contributed by atoms with Crippen molar-refractivity contribution >= 4 is 5.91 Å². The number of carbonyl (C=O) groups is 1. The van der Waals surface area contributed by atoms with E-state index < -0.39 is 29.9 Å². The zero-order valence-electron chi connectivity index (χ0n) is 13.2. The number of hydrogen-bond donors (Lipinski definition) is 1. The first-order chi connectivity index (χ1) is 11.1. The van der Waals surface area contributed by atoms with Gasteiger partial charge >= 0.3 is 6.18 Å². The van der Waals surface area contributed by atoms with Crippen LogP contribution in [-0.2, 0) is 24.0 Å². The molecular formula is C15H17F3N4O2. The van der Waals surface area contributed by atoms with Crippen molar-refractivity contribution in [3.05, 3.63) is 48.3 Å². The highest BCUT2D eigenvalue weighted by molar-refractivity contribution is 5.77. The van der Waals surface area contributed by atoms with Crippen molar-refractivity contribution in [1.29, 1.82) is 0 Å². The number of aryl methyl sites for hydroxylation is 1. The van der Waals surface area contributed by atoms with Gasteiger partial charge in [-0.3, -0.25) is 9.78 Å². The first-order valence-corrected chi connectivity index (χ1v) is 7.06. The lowest BCUT2D eigenvalue weighted by Gasteiger charge is -2.30. The summed E-state index contributed by atoms with van der Waals surface area (Å²) in [5, 5.41) is 10.2. The van der Waals surface area contributed by atoms with Gasteiger partial charge in [-0.15, -0.1) is 0 Å². The molecule has 2 rings (SSSR count). The number of nitrogens with zero attached hydrogens (tertiary/aromatic N) is 4. The van der Waals surface area contributed by atoms with Crippen LogP contribution in [0.3, 0.4) is 0 Å². The predicted molar refractivity (Wildman–Crippen MR) is 78.5 cm³/mol. The number of hydrogen-bond acceptors (Lipinski definition) is 4. The Morgan fingerprint density at radius 3 is 2.50 bits per heavy atom. The number of aliphatic hydroxyl groups is 1. The molecule has 1 amide bonds. The maximum absolute atomic E-state index is 13.4. The molecule has 2 aromatic rings. The van der Waals surface area contributed by atoms with E-state index in [1.165, 1.54) is 26.5 Å².